The van der Waals surface area contributed by atoms with Crippen LogP contribution in [0.2, 0.25) is 0 Å². The molecule has 0 radical (unpaired) electrons. The zero-order valence-corrected chi connectivity index (χ0v) is 17.4. The van der Waals surface area contributed by atoms with E-state index >= 15 is 0 Å². The average Bonchev–Trinajstić information content (AvgIpc) is 3.04. The molecule has 0 aliphatic carbocycles. The van der Waals surface area contributed by atoms with Crippen molar-refractivity contribution in [1.29, 1.82) is 0 Å². The number of benzene rings is 2. The molecule has 160 valence electrons. The minimum Gasteiger partial charge on any atom is -0.461 e. The minimum absolute atomic E-state index is 0.0693. The third-order valence-electron chi connectivity index (χ3n) is 5.12. The second kappa shape index (κ2) is 8.68. The molecular formula is C24H21F3N2O2. The van der Waals surface area contributed by atoms with Crippen molar-refractivity contribution in [2.45, 2.75) is 26.4 Å². The maximum absolute atomic E-state index is 13.4. The fourth-order valence-electron chi connectivity index (χ4n) is 3.75. The summed E-state index contributed by atoms with van der Waals surface area (Å²) in [7, 11) is 1.71. The zero-order valence-electron chi connectivity index (χ0n) is 17.4. The quantitative estimate of drug-likeness (QED) is 0.337. The molecular weight excluding hydrogens is 405 g/mol. The van der Waals surface area contributed by atoms with Gasteiger partial charge in [0.1, 0.15) is 5.69 Å². The summed E-state index contributed by atoms with van der Waals surface area (Å²) in [6.07, 6.45) is -3.93. The Hall–Kier alpha value is -3.53. The number of hydrogen-bond donors (Lipinski definition) is 0. The smallest absolute Gasteiger partial charge is 0.417 e. The largest absolute Gasteiger partial charge is 0.461 e. The predicted molar refractivity (Wildman–Crippen MR) is 113 cm³/mol. The molecule has 2 aromatic carbocycles. The second-order valence-electron chi connectivity index (χ2n) is 6.88. The molecule has 0 spiro atoms. The molecule has 0 saturated heterocycles. The minimum atomic E-state index is -4.47. The molecule has 4 nitrogen and oxygen atoms in total. The van der Waals surface area contributed by atoms with E-state index in [-0.39, 0.29) is 17.9 Å². The summed E-state index contributed by atoms with van der Waals surface area (Å²) in [5, 5.41) is 0. The molecule has 31 heavy (non-hydrogen) atoms. The van der Waals surface area contributed by atoms with Gasteiger partial charge >= 0.3 is 12.1 Å². The highest BCUT2D eigenvalue weighted by molar-refractivity contribution is 6.01. The molecule has 0 aliphatic rings. The molecule has 0 amide bonds. The molecule has 0 bridgehead atoms. The number of aromatic nitrogens is 1. The van der Waals surface area contributed by atoms with Gasteiger partial charge in [0.05, 0.1) is 18.7 Å². The maximum atomic E-state index is 13.4. The first-order chi connectivity index (χ1) is 14.7. The summed E-state index contributed by atoms with van der Waals surface area (Å²) < 4.78 is 47.0. The Morgan fingerprint density at radius 3 is 2.23 bits per heavy atom. The Bertz CT molecular complexity index is 1150. The molecule has 1 heterocycles. The number of hydrogen-bond acceptors (Lipinski definition) is 2. The molecule has 0 fully saturated rings. The standard InChI is InChI=1S/C24H21F3N2O2/c1-5-19-21(28-3)20(22(29(19)4)23(30)31-6-2)16-13-11-15(12-14-16)17-9-7-8-10-18(17)24(25,26)27/h7-14H,5-6H2,1-2,4H3. The summed E-state index contributed by atoms with van der Waals surface area (Å²) in [5.74, 6) is -0.545. The summed E-state index contributed by atoms with van der Waals surface area (Å²) in [6.45, 7) is 11.4. The lowest BCUT2D eigenvalue weighted by Gasteiger charge is -2.13. The fraction of sp³-hybridized carbons (Fsp3) is 0.250. The van der Waals surface area contributed by atoms with Gasteiger partial charge in [-0.15, -0.1) is 0 Å². The molecule has 0 N–H and O–H groups in total. The molecule has 7 heteroatoms. The first kappa shape index (κ1) is 22.2. The summed E-state index contributed by atoms with van der Waals surface area (Å²) in [5.41, 5.74) is 2.04. The number of ether oxygens (including phenoxy) is 1. The van der Waals surface area contributed by atoms with Crippen LogP contribution in [0, 0.1) is 6.57 Å². The van der Waals surface area contributed by atoms with Gasteiger partial charge in [0.25, 0.3) is 0 Å². The van der Waals surface area contributed by atoms with Crippen LogP contribution in [-0.2, 0) is 24.4 Å². The normalized spacial score (nSPS) is 11.3. The van der Waals surface area contributed by atoms with Crippen molar-refractivity contribution in [2.75, 3.05) is 6.61 Å². The summed E-state index contributed by atoms with van der Waals surface area (Å²) in [6, 6.07) is 11.8. The van der Waals surface area contributed by atoms with E-state index in [0.717, 1.165) is 6.07 Å². The van der Waals surface area contributed by atoms with E-state index < -0.39 is 17.7 Å². The number of carbonyl (C=O) groups excluding carboxylic acids is 1. The van der Waals surface area contributed by atoms with Gasteiger partial charge in [0.2, 0.25) is 5.69 Å². The van der Waals surface area contributed by atoms with Crippen LogP contribution in [0.1, 0.15) is 35.6 Å². The van der Waals surface area contributed by atoms with Crippen LogP contribution in [0.25, 0.3) is 27.1 Å². The Labute approximate surface area is 178 Å². The third-order valence-corrected chi connectivity index (χ3v) is 5.12. The first-order valence-electron chi connectivity index (χ1n) is 9.77. The highest BCUT2D eigenvalue weighted by atomic mass is 19.4. The average molecular weight is 426 g/mol. The number of nitrogens with zero attached hydrogens (tertiary/aromatic N) is 2. The lowest BCUT2D eigenvalue weighted by atomic mass is 9.96. The second-order valence-corrected chi connectivity index (χ2v) is 6.88. The maximum Gasteiger partial charge on any atom is 0.417 e. The van der Waals surface area contributed by atoms with Crippen molar-refractivity contribution >= 4 is 11.7 Å². The van der Waals surface area contributed by atoms with Crippen molar-refractivity contribution in [3.8, 4) is 22.3 Å². The van der Waals surface area contributed by atoms with Crippen molar-refractivity contribution in [3.63, 3.8) is 0 Å². The van der Waals surface area contributed by atoms with Gasteiger partial charge in [0.15, 0.2) is 0 Å². The van der Waals surface area contributed by atoms with E-state index in [2.05, 4.69) is 4.85 Å². The lowest BCUT2D eigenvalue weighted by Crippen LogP contribution is -2.12. The molecule has 0 atom stereocenters. The van der Waals surface area contributed by atoms with Gasteiger partial charge in [-0.3, -0.25) is 0 Å². The van der Waals surface area contributed by atoms with Crippen molar-refractivity contribution < 1.29 is 22.7 Å². The lowest BCUT2D eigenvalue weighted by molar-refractivity contribution is -0.137. The highest BCUT2D eigenvalue weighted by Gasteiger charge is 2.33. The zero-order chi connectivity index (χ0) is 22.8. The van der Waals surface area contributed by atoms with Crippen molar-refractivity contribution in [3.05, 3.63) is 76.9 Å². The molecule has 1 aromatic heterocycles. The Morgan fingerprint density at radius 2 is 1.68 bits per heavy atom. The topological polar surface area (TPSA) is 35.6 Å². The first-order valence-corrected chi connectivity index (χ1v) is 9.77. The molecule has 3 rings (SSSR count). The van der Waals surface area contributed by atoms with E-state index in [4.69, 9.17) is 11.3 Å². The summed E-state index contributed by atoms with van der Waals surface area (Å²) in [4.78, 5) is 16.3. The Morgan fingerprint density at radius 1 is 1.06 bits per heavy atom. The van der Waals surface area contributed by atoms with Crippen LogP contribution < -0.4 is 0 Å². The fourth-order valence-corrected chi connectivity index (χ4v) is 3.75. The van der Waals surface area contributed by atoms with Crippen LogP contribution in [0.15, 0.2) is 48.5 Å². The van der Waals surface area contributed by atoms with Crippen LogP contribution in [-0.4, -0.2) is 17.1 Å². The number of rotatable bonds is 5. The van der Waals surface area contributed by atoms with Gasteiger partial charge in [-0.1, -0.05) is 49.4 Å². The van der Waals surface area contributed by atoms with E-state index in [9.17, 15) is 18.0 Å². The van der Waals surface area contributed by atoms with E-state index in [1.54, 1.807) is 48.9 Å². The molecule has 3 aromatic rings. The van der Waals surface area contributed by atoms with Crippen LogP contribution in [0.5, 0.6) is 0 Å². The number of carbonyl (C=O) groups is 1. The number of esters is 1. The van der Waals surface area contributed by atoms with Gasteiger partial charge in [0, 0.05) is 18.3 Å². The van der Waals surface area contributed by atoms with Gasteiger partial charge < -0.3 is 9.30 Å². The predicted octanol–water partition coefficient (Wildman–Crippen LogP) is 6.67. The highest BCUT2D eigenvalue weighted by Crippen LogP contribution is 2.41. The molecule has 0 saturated carbocycles. The number of halogens is 3. The van der Waals surface area contributed by atoms with Crippen molar-refractivity contribution in [2.24, 2.45) is 7.05 Å². The van der Waals surface area contributed by atoms with Gasteiger partial charge in [-0.2, -0.15) is 13.2 Å². The number of alkyl halides is 3. The van der Waals surface area contributed by atoms with Gasteiger partial charge in [-0.05, 0) is 36.1 Å². The summed E-state index contributed by atoms with van der Waals surface area (Å²) >= 11 is 0. The SMILES string of the molecule is [C-]#[N+]c1c(-c2ccc(-c3ccccc3C(F)(F)F)cc2)c(C(=O)OCC)n(C)c1CC. The van der Waals surface area contributed by atoms with E-state index in [0.29, 0.717) is 34.5 Å². The molecule has 0 aliphatic heterocycles. The van der Waals surface area contributed by atoms with Crippen molar-refractivity contribution in [1.82, 2.24) is 4.57 Å². The van der Waals surface area contributed by atoms with Gasteiger partial charge in [-0.25, -0.2) is 9.64 Å². The van der Waals surface area contributed by atoms with Crippen LogP contribution in [0.3, 0.4) is 0 Å². The Balaban J connectivity index is 2.17. The van der Waals surface area contributed by atoms with E-state index in [1.165, 1.54) is 12.1 Å². The van der Waals surface area contributed by atoms with E-state index in [1.807, 2.05) is 6.92 Å². The van der Waals surface area contributed by atoms with Crippen LogP contribution >= 0.6 is 0 Å². The third kappa shape index (κ3) is 4.06. The van der Waals surface area contributed by atoms with Crippen LogP contribution in [0.4, 0.5) is 18.9 Å². The molecule has 0 unspecified atom stereocenters. The monoisotopic (exact) mass is 426 g/mol. The Kier molecular flexibility index (Phi) is 6.21.